The molecule has 0 saturated carbocycles. The van der Waals surface area contributed by atoms with Gasteiger partial charge in [0.2, 0.25) is 0 Å². The SMILES string of the molecule is Nc1cccc(N2CCN(Cc3cccc(O)c3)CC2)c1. The van der Waals surface area contributed by atoms with E-state index in [4.69, 9.17) is 5.73 Å². The summed E-state index contributed by atoms with van der Waals surface area (Å²) in [6.45, 7) is 4.93. The molecular weight excluding hydrogens is 262 g/mol. The number of hydrogen-bond acceptors (Lipinski definition) is 4. The molecule has 4 heteroatoms. The van der Waals surface area contributed by atoms with Crippen LogP contribution in [0.5, 0.6) is 5.75 Å². The summed E-state index contributed by atoms with van der Waals surface area (Å²) >= 11 is 0. The topological polar surface area (TPSA) is 52.7 Å². The minimum atomic E-state index is 0.339. The lowest BCUT2D eigenvalue weighted by Crippen LogP contribution is -2.45. The van der Waals surface area contributed by atoms with Crippen LogP contribution in [0.3, 0.4) is 0 Å². The first-order chi connectivity index (χ1) is 10.2. The van der Waals surface area contributed by atoms with E-state index in [-0.39, 0.29) is 0 Å². The predicted octanol–water partition coefficient (Wildman–Crippen LogP) is 2.30. The van der Waals surface area contributed by atoms with Crippen LogP contribution in [0.2, 0.25) is 0 Å². The summed E-state index contributed by atoms with van der Waals surface area (Å²) in [7, 11) is 0. The van der Waals surface area contributed by atoms with E-state index in [1.165, 1.54) is 5.69 Å². The second kappa shape index (κ2) is 6.06. The van der Waals surface area contributed by atoms with Gasteiger partial charge in [-0.3, -0.25) is 4.90 Å². The molecule has 1 aliphatic heterocycles. The van der Waals surface area contributed by atoms with Crippen LogP contribution in [0.1, 0.15) is 5.56 Å². The molecule has 0 atom stereocenters. The van der Waals surface area contributed by atoms with Crippen LogP contribution in [-0.2, 0) is 6.54 Å². The maximum absolute atomic E-state index is 9.52. The van der Waals surface area contributed by atoms with Gasteiger partial charge in [0.1, 0.15) is 5.75 Å². The standard InChI is InChI=1S/C17H21N3O/c18-15-4-2-5-16(12-15)20-9-7-19(8-10-20)13-14-3-1-6-17(21)11-14/h1-6,11-12,21H,7-10,13,18H2. The summed E-state index contributed by atoms with van der Waals surface area (Å²) in [5, 5.41) is 9.52. The molecular formula is C17H21N3O. The molecule has 1 aliphatic rings. The average molecular weight is 283 g/mol. The van der Waals surface area contributed by atoms with Gasteiger partial charge in [0.15, 0.2) is 0 Å². The average Bonchev–Trinajstić information content (AvgIpc) is 2.48. The molecule has 21 heavy (non-hydrogen) atoms. The van der Waals surface area contributed by atoms with Crippen molar-refractivity contribution in [1.82, 2.24) is 4.90 Å². The molecule has 3 N–H and O–H groups in total. The van der Waals surface area contributed by atoms with Gasteiger partial charge in [-0.1, -0.05) is 18.2 Å². The molecule has 110 valence electrons. The lowest BCUT2D eigenvalue weighted by atomic mass is 10.1. The highest BCUT2D eigenvalue weighted by molar-refractivity contribution is 5.56. The van der Waals surface area contributed by atoms with Crippen LogP contribution >= 0.6 is 0 Å². The van der Waals surface area contributed by atoms with Crippen LogP contribution < -0.4 is 10.6 Å². The van der Waals surface area contributed by atoms with Crippen molar-refractivity contribution in [1.29, 1.82) is 0 Å². The number of phenols is 1. The molecule has 3 rings (SSSR count). The van der Waals surface area contributed by atoms with Gasteiger partial charge in [0, 0.05) is 44.1 Å². The second-order valence-corrected chi connectivity index (χ2v) is 5.53. The molecule has 0 radical (unpaired) electrons. The lowest BCUT2D eigenvalue weighted by Gasteiger charge is -2.36. The molecule has 2 aromatic rings. The third-order valence-corrected chi connectivity index (χ3v) is 3.92. The van der Waals surface area contributed by atoms with Crippen LogP contribution in [0, 0.1) is 0 Å². The number of rotatable bonds is 3. The first-order valence-electron chi connectivity index (χ1n) is 7.31. The van der Waals surface area contributed by atoms with Gasteiger partial charge in [-0.15, -0.1) is 0 Å². The zero-order valence-electron chi connectivity index (χ0n) is 12.1. The fourth-order valence-corrected chi connectivity index (χ4v) is 2.80. The van der Waals surface area contributed by atoms with E-state index in [1.807, 2.05) is 30.3 Å². The van der Waals surface area contributed by atoms with Crippen LogP contribution in [0.4, 0.5) is 11.4 Å². The van der Waals surface area contributed by atoms with E-state index in [2.05, 4.69) is 21.9 Å². The van der Waals surface area contributed by atoms with Crippen molar-refractivity contribution in [3.05, 3.63) is 54.1 Å². The number of phenolic OH excluding ortho intramolecular Hbond substituents is 1. The van der Waals surface area contributed by atoms with E-state index >= 15 is 0 Å². The number of anilines is 2. The maximum atomic E-state index is 9.52. The molecule has 1 fully saturated rings. The Balaban J connectivity index is 1.58. The molecule has 4 nitrogen and oxygen atoms in total. The molecule has 0 spiro atoms. The molecule has 0 aromatic heterocycles. The van der Waals surface area contributed by atoms with E-state index in [1.54, 1.807) is 6.07 Å². The van der Waals surface area contributed by atoms with E-state index in [0.29, 0.717) is 5.75 Å². The van der Waals surface area contributed by atoms with Gasteiger partial charge >= 0.3 is 0 Å². The first kappa shape index (κ1) is 13.8. The number of benzene rings is 2. The summed E-state index contributed by atoms with van der Waals surface area (Å²) in [6, 6.07) is 15.6. The summed E-state index contributed by atoms with van der Waals surface area (Å²) in [6.07, 6.45) is 0. The van der Waals surface area contributed by atoms with Crippen molar-refractivity contribution in [3.8, 4) is 5.75 Å². The third kappa shape index (κ3) is 3.47. The Hall–Kier alpha value is -2.20. The Labute approximate surface area is 125 Å². The molecule has 0 amide bonds. The van der Waals surface area contributed by atoms with Gasteiger partial charge in [-0.2, -0.15) is 0 Å². The largest absolute Gasteiger partial charge is 0.508 e. The minimum absolute atomic E-state index is 0.339. The summed E-state index contributed by atoms with van der Waals surface area (Å²) in [5.41, 5.74) is 9.02. The molecule has 0 bridgehead atoms. The third-order valence-electron chi connectivity index (χ3n) is 3.92. The Morgan fingerprint density at radius 2 is 1.71 bits per heavy atom. The normalized spacial score (nSPS) is 16.1. The first-order valence-corrected chi connectivity index (χ1v) is 7.31. The van der Waals surface area contributed by atoms with Crippen molar-refractivity contribution in [2.45, 2.75) is 6.54 Å². The van der Waals surface area contributed by atoms with Gasteiger partial charge < -0.3 is 15.7 Å². The van der Waals surface area contributed by atoms with Gasteiger partial charge in [-0.05, 0) is 35.9 Å². The Morgan fingerprint density at radius 3 is 2.43 bits per heavy atom. The summed E-state index contributed by atoms with van der Waals surface area (Å²) in [5.74, 6) is 0.339. The highest BCUT2D eigenvalue weighted by Gasteiger charge is 2.17. The van der Waals surface area contributed by atoms with Crippen LogP contribution in [0.15, 0.2) is 48.5 Å². The fourth-order valence-electron chi connectivity index (χ4n) is 2.80. The van der Waals surface area contributed by atoms with Crippen LogP contribution in [0.25, 0.3) is 0 Å². The van der Waals surface area contributed by atoms with Crippen molar-refractivity contribution in [2.24, 2.45) is 0 Å². The Morgan fingerprint density at radius 1 is 0.952 bits per heavy atom. The minimum Gasteiger partial charge on any atom is -0.508 e. The monoisotopic (exact) mass is 283 g/mol. The fraction of sp³-hybridized carbons (Fsp3) is 0.294. The number of nitrogens with zero attached hydrogens (tertiary/aromatic N) is 2. The molecule has 2 aromatic carbocycles. The highest BCUT2D eigenvalue weighted by atomic mass is 16.3. The second-order valence-electron chi connectivity index (χ2n) is 5.53. The van der Waals surface area contributed by atoms with Crippen molar-refractivity contribution in [2.75, 3.05) is 36.8 Å². The van der Waals surface area contributed by atoms with Crippen molar-refractivity contribution >= 4 is 11.4 Å². The quantitative estimate of drug-likeness (QED) is 0.849. The number of nitrogens with two attached hydrogens (primary N) is 1. The summed E-state index contributed by atoms with van der Waals surface area (Å²) < 4.78 is 0. The predicted molar refractivity (Wildman–Crippen MR) is 86.5 cm³/mol. The Bertz CT molecular complexity index is 606. The molecule has 1 saturated heterocycles. The van der Waals surface area contributed by atoms with Crippen molar-refractivity contribution < 1.29 is 5.11 Å². The number of aromatic hydroxyl groups is 1. The van der Waals surface area contributed by atoms with Crippen LogP contribution in [-0.4, -0.2) is 36.2 Å². The molecule has 0 unspecified atom stereocenters. The van der Waals surface area contributed by atoms with Gasteiger partial charge in [0.25, 0.3) is 0 Å². The zero-order valence-corrected chi connectivity index (χ0v) is 12.1. The smallest absolute Gasteiger partial charge is 0.115 e. The molecule has 0 aliphatic carbocycles. The van der Waals surface area contributed by atoms with Crippen molar-refractivity contribution in [3.63, 3.8) is 0 Å². The van der Waals surface area contributed by atoms with E-state index in [9.17, 15) is 5.11 Å². The van der Waals surface area contributed by atoms with Gasteiger partial charge in [0.05, 0.1) is 0 Å². The highest BCUT2D eigenvalue weighted by Crippen LogP contribution is 2.20. The number of hydrogen-bond donors (Lipinski definition) is 2. The zero-order chi connectivity index (χ0) is 14.7. The summed E-state index contributed by atoms with van der Waals surface area (Å²) in [4.78, 5) is 4.78. The molecule has 1 heterocycles. The van der Waals surface area contributed by atoms with E-state index < -0.39 is 0 Å². The Kier molecular flexibility index (Phi) is 3.97. The maximum Gasteiger partial charge on any atom is 0.115 e. The van der Waals surface area contributed by atoms with Gasteiger partial charge in [-0.25, -0.2) is 0 Å². The number of nitrogen functional groups attached to an aromatic ring is 1. The lowest BCUT2D eigenvalue weighted by molar-refractivity contribution is 0.249. The van der Waals surface area contributed by atoms with E-state index in [0.717, 1.165) is 44.0 Å². The number of piperazine rings is 1.